The van der Waals surface area contributed by atoms with E-state index in [0.29, 0.717) is 0 Å². The molecule has 2 aromatic carbocycles. The van der Waals surface area contributed by atoms with Gasteiger partial charge in [0.25, 0.3) is 5.56 Å². The molecule has 2 aromatic heterocycles. The van der Waals surface area contributed by atoms with Gasteiger partial charge in [-0.1, -0.05) is 24.6 Å². The summed E-state index contributed by atoms with van der Waals surface area (Å²) in [7, 11) is 1.73. The maximum absolute atomic E-state index is 12.9. The monoisotopic (exact) mass is 426 g/mol. The molecule has 32 heavy (non-hydrogen) atoms. The number of nitriles is 1. The second kappa shape index (κ2) is 7.23. The zero-order valence-electron chi connectivity index (χ0n) is 18.9. The number of aryl methyl sites for hydroxylation is 3. The minimum Gasteiger partial charge on any atom is -0.440 e. The quantitative estimate of drug-likeness (QED) is 0.463. The SMILES string of the molecule is Cc1ccc2oc(C3(C)CCN(c4c(C#N)c(=O)n(C)c5ccc(C)cc45)CC3)nc2c1. The van der Waals surface area contributed by atoms with Crippen molar-refractivity contribution >= 4 is 27.7 Å². The van der Waals surface area contributed by atoms with Crippen LogP contribution < -0.4 is 10.5 Å². The van der Waals surface area contributed by atoms with Gasteiger partial charge in [0, 0.05) is 30.9 Å². The fourth-order valence-corrected chi connectivity index (χ4v) is 4.81. The van der Waals surface area contributed by atoms with Crippen LogP contribution >= 0.6 is 0 Å². The van der Waals surface area contributed by atoms with Gasteiger partial charge in [0.05, 0.1) is 11.2 Å². The summed E-state index contributed by atoms with van der Waals surface area (Å²) in [6.45, 7) is 7.72. The summed E-state index contributed by atoms with van der Waals surface area (Å²) >= 11 is 0. The first-order valence-electron chi connectivity index (χ1n) is 11.0. The van der Waals surface area contributed by atoms with Gasteiger partial charge in [0.15, 0.2) is 5.58 Å². The fourth-order valence-electron chi connectivity index (χ4n) is 4.81. The molecule has 3 heterocycles. The molecule has 0 N–H and O–H groups in total. The molecule has 1 aliphatic rings. The Balaban J connectivity index is 1.54. The van der Waals surface area contributed by atoms with E-state index < -0.39 is 0 Å². The lowest BCUT2D eigenvalue weighted by molar-refractivity contribution is 0.292. The van der Waals surface area contributed by atoms with Crippen molar-refractivity contribution in [2.24, 2.45) is 7.05 Å². The minimum atomic E-state index is -0.249. The topological polar surface area (TPSA) is 75.1 Å². The first-order valence-corrected chi connectivity index (χ1v) is 11.0. The lowest BCUT2D eigenvalue weighted by atomic mass is 9.80. The van der Waals surface area contributed by atoms with Gasteiger partial charge < -0.3 is 13.9 Å². The highest BCUT2D eigenvalue weighted by Gasteiger charge is 2.37. The number of piperidine rings is 1. The molecule has 1 saturated heterocycles. The van der Waals surface area contributed by atoms with E-state index >= 15 is 0 Å². The van der Waals surface area contributed by atoms with Gasteiger partial charge in [-0.25, -0.2) is 4.98 Å². The number of nitrogens with zero attached hydrogens (tertiary/aromatic N) is 4. The predicted octanol–water partition coefficient (Wildman–Crippen LogP) is 4.73. The van der Waals surface area contributed by atoms with Crippen molar-refractivity contribution in [3.05, 3.63) is 69.3 Å². The number of oxazole rings is 1. The summed E-state index contributed by atoms with van der Waals surface area (Å²) in [4.78, 5) is 19.9. The summed E-state index contributed by atoms with van der Waals surface area (Å²) < 4.78 is 7.71. The zero-order chi connectivity index (χ0) is 22.6. The molecule has 6 heteroatoms. The van der Waals surface area contributed by atoms with Crippen molar-refractivity contribution < 1.29 is 4.42 Å². The number of benzene rings is 2. The molecule has 1 fully saturated rings. The number of aromatic nitrogens is 2. The van der Waals surface area contributed by atoms with Crippen LogP contribution in [0.1, 0.15) is 42.3 Å². The van der Waals surface area contributed by atoms with Crippen molar-refractivity contribution in [1.29, 1.82) is 5.26 Å². The lowest BCUT2D eigenvalue weighted by Gasteiger charge is -2.39. The average Bonchev–Trinajstić information content (AvgIpc) is 3.21. The third-order valence-electron chi connectivity index (χ3n) is 6.88. The minimum absolute atomic E-state index is 0.193. The number of fused-ring (bicyclic) bond motifs is 2. The largest absolute Gasteiger partial charge is 0.440 e. The highest BCUT2D eigenvalue weighted by Crippen LogP contribution is 2.39. The first-order chi connectivity index (χ1) is 15.3. The summed E-state index contributed by atoms with van der Waals surface area (Å²) in [5.74, 6) is 0.767. The second-order valence-corrected chi connectivity index (χ2v) is 9.26. The molecule has 0 aliphatic carbocycles. The maximum Gasteiger partial charge on any atom is 0.270 e. The Labute approximate surface area is 186 Å². The molecule has 162 valence electrons. The van der Waals surface area contributed by atoms with Crippen LogP contribution in [0.3, 0.4) is 0 Å². The van der Waals surface area contributed by atoms with Gasteiger partial charge >= 0.3 is 0 Å². The average molecular weight is 427 g/mol. The van der Waals surface area contributed by atoms with Gasteiger partial charge in [-0.05, 0) is 56.5 Å². The molecule has 0 spiro atoms. The van der Waals surface area contributed by atoms with Crippen LogP contribution in [0.4, 0.5) is 5.69 Å². The highest BCUT2D eigenvalue weighted by molar-refractivity contribution is 5.95. The normalized spacial score (nSPS) is 15.9. The second-order valence-electron chi connectivity index (χ2n) is 9.26. The number of rotatable bonds is 2. The number of hydrogen-bond acceptors (Lipinski definition) is 5. The van der Waals surface area contributed by atoms with Crippen molar-refractivity contribution in [2.45, 2.75) is 39.0 Å². The van der Waals surface area contributed by atoms with Crippen molar-refractivity contribution in [3.63, 3.8) is 0 Å². The van der Waals surface area contributed by atoms with Crippen LogP contribution in [-0.2, 0) is 12.5 Å². The van der Waals surface area contributed by atoms with Crippen LogP contribution in [0.25, 0.3) is 22.0 Å². The molecule has 0 radical (unpaired) electrons. The van der Waals surface area contributed by atoms with Crippen molar-refractivity contribution in [3.8, 4) is 6.07 Å². The molecule has 0 amide bonds. The summed E-state index contributed by atoms with van der Waals surface area (Å²) in [6, 6.07) is 14.3. The fraction of sp³-hybridized carbons (Fsp3) is 0.346. The Hall–Kier alpha value is -3.59. The van der Waals surface area contributed by atoms with Gasteiger partial charge in [0.2, 0.25) is 5.89 Å². The molecule has 0 bridgehead atoms. The molecule has 0 unspecified atom stereocenters. The van der Waals surface area contributed by atoms with Crippen LogP contribution in [-0.4, -0.2) is 22.6 Å². The van der Waals surface area contributed by atoms with Crippen LogP contribution in [0.15, 0.2) is 45.6 Å². The van der Waals surface area contributed by atoms with E-state index in [9.17, 15) is 10.1 Å². The molecule has 5 rings (SSSR count). The summed E-state index contributed by atoms with van der Waals surface area (Å²) in [5.41, 5.74) is 5.34. The van der Waals surface area contributed by atoms with Crippen LogP contribution in [0, 0.1) is 25.2 Å². The Morgan fingerprint density at radius 3 is 2.50 bits per heavy atom. The van der Waals surface area contributed by atoms with E-state index in [0.717, 1.165) is 70.6 Å². The van der Waals surface area contributed by atoms with Gasteiger partial charge in [0.1, 0.15) is 17.1 Å². The third kappa shape index (κ3) is 3.08. The lowest BCUT2D eigenvalue weighted by Crippen LogP contribution is -2.42. The van der Waals surface area contributed by atoms with Crippen molar-refractivity contribution in [2.75, 3.05) is 18.0 Å². The molecule has 0 atom stereocenters. The Kier molecular flexibility index (Phi) is 4.59. The molecule has 6 nitrogen and oxygen atoms in total. The smallest absolute Gasteiger partial charge is 0.270 e. The van der Waals surface area contributed by atoms with Gasteiger partial charge in [-0.15, -0.1) is 0 Å². The Bertz CT molecular complexity index is 1460. The molecular formula is C26H26N4O2. The summed E-state index contributed by atoms with van der Waals surface area (Å²) in [5, 5.41) is 10.8. The van der Waals surface area contributed by atoms with Crippen LogP contribution in [0.5, 0.6) is 0 Å². The molecule has 4 aromatic rings. The molecule has 1 aliphatic heterocycles. The number of hydrogen-bond donors (Lipinski definition) is 0. The standard InChI is InChI=1S/C26H26N4O2/c1-16-5-7-21-18(13-16)23(19(15-27)24(31)29(21)4)30-11-9-26(3,10-12-30)25-28-20-14-17(2)6-8-22(20)32-25/h5-8,13-14H,9-12H2,1-4H3. The van der Waals surface area contributed by atoms with E-state index in [1.165, 1.54) is 0 Å². The van der Waals surface area contributed by atoms with E-state index in [4.69, 9.17) is 9.40 Å². The van der Waals surface area contributed by atoms with E-state index in [-0.39, 0.29) is 16.5 Å². The Morgan fingerprint density at radius 2 is 1.78 bits per heavy atom. The van der Waals surface area contributed by atoms with Crippen molar-refractivity contribution in [1.82, 2.24) is 9.55 Å². The zero-order valence-corrected chi connectivity index (χ0v) is 18.9. The van der Waals surface area contributed by atoms with E-state index in [1.807, 2.05) is 37.3 Å². The highest BCUT2D eigenvalue weighted by atomic mass is 16.3. The summed E-state index contributed by atoms with van der Waals surface area (Å²) in [6.07, 6.45) is 1.65. The number of pyridine rings is 1. The predicted molar refractivity (Wildman–Crippen MR) is 126 cm³/mol. The van der Waals surface area contributed by atoms with E-state index in [1.54, 1.807) is 11.6 Å². The van der Waals surface area contributed by atoms with Gasteiger partial charge in [-0.2, -0.15) is 5.26 Å². The molecular weight excluding hydrogens is 400 g/mol. The van der Waals surface area contributed by atoms with Gasteiger partial charge in [-0.3, -0.25) is 4.79 Å². The number of anilines is 1. The van der Waals surface area contributed by atoms with Crippen LogP contribution in [0.2, 0.25) is 0 Å². The molecule has 0 saturated carbocycles. The third-order valence-corrected chi connectivity index (χ3v) is 6.88. The van der Waals surface area contributed by atoms with E-state index in [2.05, 4.69) is 30.9 Å². The Morgan fingerprint density at radius 1 is 1.09 bits per heavy atom. The maximum atomic E-state index is 12.9. The first kappa shape index (κ1) is 20.3.